The van der Waals surface area contributed by atoms with E-state index in [1.165, 1.54) is 0 Å². The van der Waals surface area contributed by atoms with E-state index in [9.17, 15) is 95.5 Å². The zero-order valence-electron chi connectivity index (χ0n) is 34.8. The topological polar surface area (TPSA) is 177 Å². The molecule has 0 fully saturated rings. The SMILES string of the molecule is O=P(c1ccccc1)(c1ccccc1)c1ccccc1.O=P(c1ccccc1)(c1ccccc1)c1ccccc1.O=S(=O)([N]([Bi+][N](S(=O)(=O)C(F)(F)F)S(=O)(=O)C(F)(F)F)S(=O)(=O)C(F)(F)F)C(F)(F)F. The number of sulfonamides is 4. The second-order valence-electron chi connectivity index (χ2n) is 13.5. The van der Waals surface area contributed by atoms with Gasteiger partial charge in [-0.25, -0.2) is 0 Å². The third kappa shape index (κ3) is 12.8. The van der Waals surface area contributed by atoms with Crippen molar-refractivity contribution in [3.8, 4) is 0 Å². The molecule has 2 radical (unpaired) electrons. The molecular weight excluding hydrogens is 1300 g/mol. The van der Waals surface area contributed by atoms with Gasteiger partial charge in [0.25, 0.3) is 0 Å². The molecule has 0 heterocycles. The summed E-state index contributed by atoms with van der Waals surface area (Å²) in [5, 5.41) is 5.24. The second-order valence-corrected chi connectivity index (χ2v) is 34.8. The Kier molecular flexibility index (Phi) is 18.6. The van der Waals surface area contributed by atoms with E-state index in [0.717, 1.165) is 31.8 Å². The maximum absolute atomic E-state index is 13.8. The van der Waals surface area contributed by atoms with E-state index in [1.807, 2.05) is 182 Å². The van der Waals surface area contributed by atoms with Crippen LogP contribution in [0.25, 0.3) is 0 Å². The van der Waals surface area contributed by atoms with Gasteiger partial charge in [-0.05, 0) is 0 Å². The van der Waals surface area contributed by atoms with Gasteiger partial charge in [0.15, 0.2) is 14.3 Å². The summed E-state index contributed by atoms with van der Waals surface area (Å²) in [4.78, 5) is 0. The minimum absolute atomic E-state index is 0.873. The Morgan fingerprint density at radius 3 is 0.521 bits per heavy atom. The molecule has 0 amide bonds. The van der Waals surface area contributed by atoms with Crippen LogP contribution in [0, 0.1) is 0 Å². The quantitative estimate of drug-likeness (QED) is 0.0694. The summed E-state index contributed by atoms with van der Waals surface area (Å²) in [7, 11) is -37.9. The van der Waals surface area contributed by atoms with Gasteiger partial charge in [-0.1, -0.05) is 182 Å². The number of hydrogen-bond acceptors (Lipinski definition) is 10. The molecule has 31 heteroatoms. The molecule has 0 bridgehead atoms. The molecule has 6 aromatic rings. The molecule has 71 heavy (non-hydrogen) atoms. The summed E-state index contributed by atoms with van der Waals surface area (Å²) in [5.74, 6) is 0. The number of benzene rings is 6. The van der Waals surface area contributed by atoms with Crippen LogP contribution < -0.4 is 31.8 Å². The summed E-state index contributed by atoms with van der Waals surface area (Å²) in [6.07, 6.45) is 0. The van der Waals surface area contributed by atoms with Crippen LogP contribution in [0.1, 0.15) is 0 Å². The zero-order valence-corrected chi connectivity index (χ0v) is 43.3. The summed E-state index contributed by atoms with van der Waals surface area (Å²) in [6.45, 7) is 0. The van der Waals surface area contributed by atoms with Crippen LogP contribution in [0.5, 0.6) is 0 Å². The van der Waals surface area contributed by atoms with Crippen LogP contribution >= 0.6 is 14.3 Å². The van der Waals surface area contributed by atoms with Gasteiger partial charge in [-0.2, -0.15) is 0 Å². The summed E-state index contributed by atoms with van der Waals surface area (Å²) in [6, 6.07) is 58.3. The molecule has 0 aromatic heterocycles. The number of nitrogens with zero attached hydrogens (tertiary/aromatic N) is 2. The van der Waals surface area contributed by atoms with E-state index < -0.39 is 104 Å². The Hall–Kier alpha value is -4.46. The van der Waals surface area contributed by atoms with Gasteiger partial charge in [-0.3, -0.25) is 0 Å². The average Bonchev–Trinajstić information content (AvgIpc) is 3.31. The third-order valence-corrected chi connectivity index (χ3v) is 35.1. The van der Waals surface area contributed by atoms with Crippen LogP contribution in [0.2, 0.25) is 0 Å². The van der Waals surface area contributed by atoms with E-state index in [-0.39, 0.29) is 0 Å². The number of rotatable bonds is 12. The molecule has 0 spiro atoms. The number of hydrogen-bond donors (Lipinski definition) is 0. The Bertz CT molecular complexity index is 2780. The van der Waals surface area contributed by atoms with E-state index in [1.54, 1.807) is 0 Å². The summed E-state index contributed by atoms with van der Waals surface area (Å²) >= 11 is -6.59. The van der Waals surface area contributed by atoms with Crippen molar-refractivity contribution in [3.05, 3.63) is 182 Å². The van der Waals surface area contributed by atoms with Gasteiger partial charge in [0.2, 0.25) is 0 Å². The average molecular weight is 1330 g/mol. The first-order valence-electron chi connectivity index (χ1n) is 18.7. The van der Waals surface area contributed by atoms with Gasteiger partial charge in [0.05, 0.1) is 0 Å². The molecule has 0 saturated carbocycles. The van der Waals surface area contributed by atoms with E-state index in [4.69, 9.17) is 0 Å². The van der Waals surface area contributed by atoms with Gasteiger partial charge >= 0.3 is 176 Å². The first kappa shape index (κ1) is 59.1. The Labute approximate surface area is 410 Å². The van der Waals surface area contributed by atoms with Crippen molar-refractivity contribution in [2.75, 3.05) is 0 Å². The fourth-order valence-electron chi connectivity index (χ4n) is 5.59. The maximum atomic E-state index is 13.8. The number of halogens is 12. The van der Waals surface area contributed by atoms with Crippen molar-refractivity contribution in [2.24, 2.45) is 0 Å². The van der Waals surface area contributed by atoms with E-state index in [0.29, 0.717) is 0 Å². The molecule has 0 aliphatic carbocycles. The Morgan fingerprint density at radius 2 is 0.408 bits per heavy atom. The summed E-state index contributed by atoms with van der Waals surface area (Å²) < 4.78 is 261. The van der Waals surface area contributed by atoms with Crippen molar-refractivity contribution in [1.82, 2.24) is 3.31 Å². The molecule has 6 rings (SSSR count). The minimum atomic E-state index is -8.09. The molecule has 382 valence electrons. The van der Waals surface area contributed by atoms with Gasteiger partial charge in [0.1, 0.15) is 0 Å². The number of alkyl halides is 12. The molecule has 0 atom stereocenters. The monoisotopic (exact) mass is 1320 g/mol. The molecule has 0 N–H and O–H groups in total. The fourth-order valence-corrected chi connectivity index (χ4v) is 28.6. The van der Waals surface area contributed by atoms with Gasteiger partial charge < -0.3 is 9.13 Å². The molecular formula is C40H30BiF12N2O10P2S4+. The van der Waals surface area contributed by atoms with E-state index in [2.05, 4.69) is 0 Å². The Morgan fingerprint density at radius 1 is 0.282 bits per heavy atom. The predicted octanol–water partition coefficient (Wildman–Crippen LogP) is 7.18. The predicted molar refractivity (Wildman–Crippen MR) is 241 cm³/mol. The van der Waals surface area contributed by atoms with Crippen molar-refractivity contribution >= 4 is 110 Å². The fraction of sp³-hybridized carbons (Fsp3) is 0.100. The molecule has 6 aromatic carbocycles. The van der Waals surface area contributed by atoms with Crippen LogP contribution in [0.4, 0.5) is 52.7 Å². The van der Waals surface area contributed by atoms with Crippen LogP contribution in [-0.2, 0) is 49.2 Å². The standard InChI is InChI=1S/2C18H15OP.2C2F6NO4S2.Bi/c2*19-20(16-10-4-1-5-11-16,17-12-6-2-7-13-17)18-14-8-3-9-15-18;2*3-1(4,5)14(10,11)9-15(12,13)2(6,7)8;/h2*1-15H;;;/q;;2*-1;+3. The van der Waals surface area contributed by atoms with Crippen LogP contribution in [0.3, 0.4) is 0 Å². The van der Waals surface area contributed by atoms with Crippen molar-refractivity contribution < 1.29 is 95.5 Å². The molecule has 0 aliphatic heterocycles. The van der Waals surface area contributed by atoms with Gasteiger partial charge in [-0.15, -0.1) is 0 Å². The van der Waals surface area contributed by atoms with Crippen LogP contribution in [0.15, 0.2) is 182 Å². The molecule has 12 nitrogen and oxygen atoms in total. The van der Waals surface area contributed by atoms with E-state index >= 15 is 0 Å². The van der Waals surface area contributed by atoms with Gasteiger partial charge in [0, 0.05) is 31.8 Å². The Balaban J connectivity index is 0.000000239. The second kappa shape index (κ2) is 22.3. The molecule has 0 aliphatic rings. The zero-order chi connectivity index (χ0) is 53.5. The third-order valence-electron chi connectivity index (χ3n) is 8.86. The van der Waals surface area contributed by atoms with Crippen molar-refractivity contribution in [3.63, 3.8) is 0 Å². The normalized spacial score (nSPS) is 13.4. The summed E-state index contributed by atoms with van der Waals surface area (Å²) in [5.41, 5.74) is -28.7. The first-order chi connectivity index (χ1) is 32.6. The van der Waals surface area contributed by atoms with Crippen molar-refractivity contribution in [1.29, 1.82) is 0 Å². The molecule has 0 unspecified atom stereocenters. The molecule has 0 saturated heterocycles. The van der Waals surface area contributed by atoms with Crippen molar-refractivity contribution in [2.45, 2.75) is 22.0 Å². The first-order valence-corrected chi connectivity index (χ1v) is 31.0. The van der Waals surface area contributed by atoms with Crippen LogP contribution in [-0.4, -0.2) is 82.8 Å².